The van der Waals surface area contributed by atoms with Crippen molar-refractivity contribution in [2.75, 3.05) is 16.8 Å². The average Bonchev–Trinajstić information content (AvgIpc) is 3.19. The smallest absolute Gasteiger partial charge is 0.252 e. The number of carbonyl (C=O) groups is 2. The predicted molar refractivity (Wildman–Crippen MR) is 96.5 cm³/mol. The summed E-state index contributed by atoms with van der Waals surface area (Å²) in [4.78, 5) is 30.8. The Labute approximate surface area is 145 Å². The number of guanidine groups is 1. The number of carbonyl (C=O) groups excluding carboxylic acids is 2. The minimum absolute atomic E-state index is 0.0275. The number of nitrogens with zero attached hydrogens (tertiary/aromatic N) is 2. The second-order valence-electron chi connectivity index (χ2n) is 6.11. The summed E-state index contributed by atoms with van der Waals surface area (Å²) in [5.41, 5.74) is 3.02. The molecule has 126 valence electrons. The second-order valence-corrected chi connectivity index (χ2v) is 6.11. The molecule has 0 saturated carbocycles. The Hall–Kier alpha value is -3.15. The van der Waals surface area contributed by atoms with E-state index in [1.54, 1.807) is 0 Å². The van der Waals surface area contributed by atoms with E-state index < -0.39 is 6.04 Å². The van der Waals surface area contributed by atoms with Gasteiger partial charge in [0.2, 0.25) is 11.9 Å². The Morgan fingerprint density at radius 1 is 1.16 bits per heavy atom. The van der Waals surface area contributed by atoms with Crippen molar-refractivity contribution in [1.29, 1.82) is 0 Å². The van der Waals surface area contributed by atoms with E-state index in [4.69, 9.17) is 0 Å². The maximum Gasteiger partial charge on any atom is 0.252 e. The second kappa shape index (κ2) is 6.39. The Kier molecular flexibility index (Phi) is 3.93. The number of para-hydroxylation sites is 2. The van der Waals surface area contributed by atoms with E-state index in [0.717, 1.165) is 18.7 Å². The van der Waals surface area contributed by atoms with Gasteiger partial charge in [-0.2, -0.15) is 0 Å². The van der Waals surface area contributed by atoms with Crippen LogP contribution in [0.15, 0.2) is 59.6 Å². The van der Waals surface area contributed by atoms with Gasteiger partial charge in [-0.3, -0.25) is 14.9 Å². The molecule has 2 N–H and O–H groups in total. The number of benzene rings is 2. The molecule has 0 fully saturated rings. The standard InChI is InChI=1S/C19H18N4O2/c24-17(20-14-7-2-1-3-8-14)12-15-18(25)22-19(21-15)23-11-10-13-6-4-5-9-16(13)23/h1-9,15H,10-12H2,(H,20,24)(H,21,22,25)/t15-/m0/s1. The fourth-order valence-electron chi connectivity index (χ4n) is 3.17. The summed E-state index contributed by atoms with van der Waals surface area (Å²) < 4.78 is 0. The van der Waals surface area contributed by atoms with Crippen LogP contribution in [0.3, 0.4) is 0 Å². The number of anilines is 2. The summed E-state index contributed by atoms with van der Waals surface area (Å²) in [5, 5.41) is 5.60. The van der Waals surface area contributed by atoms with Crippen molar-refractivity contribution in [3.8, 4) is 0 Å². The van der Waals surface area contributed by atoms with Crippen LogP contribution in [-0.2, 0) is 16.0 Å². The van der Waals surface area contributed by atoms with Gasteiger partial charge in [0, 0.05) is 17.9 Å². The zero-order valence-electron chi connectivity index (χ0n) is 13.6. The summed E-state index contributed by atoms with van der Waals surface area (Å²) in [6.07, 6.45) is 0.948. The lowest BCUT2D eigenvalue weighted by molar-refractivity contribution is -0.123. The highest BCUT2D eigenvalue weighted by atomic mass is 16.2. The van der Waals surface area contributed by atoms with Crippen molar-refractivity contribution in [3.05, 3.63) is 60.2 Å². The topological polar surface area (TPSA) is 73.8 Å². The molecule has 25 heavy (non-hydrogen) atoms. The van der Waals surface area contributed by atoms with Crippen LogP contribution in [0.25, 0.3) is 0 Å². The number of fused-ring (bicyclic) bond motifs is 1. The van der Waals surface area contributed by atoms with Crippen LogP contribution in [0, 0.1) is 0 Å². The van der Waals surface area contributed by atoms with Crippen molar-refractivity contribution in [2.24, 2.45) is 4.99 Å². The third-order valence-corrected chi connectivity index (χ3v) is 4.39. The number of rotatable bonds is 3. The first kappa shape index (κ1) is 15.4. The normalized spacial score (nSPS) is 18.6. The van der Waals surface area contributed by atoms with E-state index in [9.17, 15) is 9.59 Å². The van der Waals surface area contributed by atoms with Gasteiger partial charge in [-0.1, -0.05) is 36.4 Å². The van der Waals surface area contributed by atoms with Crippen molar-refractivity contribution >= 4 is 29.1 Å². The van der Waals surface area contributed by atoms with Gasteiger partial charge in [-0.15, -0.1) is 0 Å². The molecule has 2 amide bonds. The van der Waals surface area contributed by atoms with E-state index in [0.29, 0.717) is 11.6 Å². The van der Waals surface area contributed by atoms with Crippen LogP contribution < -0.4 is 15.5 Å². The Morgan fingerprint density at radius 3 is 2.76 bits per heavy atom. The molecular formula is C19H18N4O2. The lowest BCUT2D eigenvalue weighted by Crippen LogP contribution is -2.40. The van der Waals surface area contributed by atoms with Crippen LogP contribution in [0.4, 0.5) is 11.4 Å². The highest BCUT2D eigenvalue weighted by Crippen LogP contribution is 2.28. The van der Waals surface area contributed by atoms with E-state index in [-0.39, 0.29) is 18.2 Å². The highest BCUT2D eigenvalue weighted by molar-refractivity contribution is 6.13. The highest BCUT2D eigenvalue weighted by Gasteiger charge is 2.33. The van der Waals surface area contributed by atoms with Gasteiger partial charge in [-0.05, 0) is 30.2 Å². The molecule has 0 spiro atoms. The molecular weight excluding hydrogens is 316 g/mol. The maximum absolute atomic E-state index is 12.2. The first-order valence-corrected chi connectivity index (χ1v) is 8.30. The lowest BCUT2D eigenvalue weighted by Gasteiger charge is -2.18. The van der Waals surface area contributed by atoms with Crippen LogP contribution in [0.2, 0.25) is 0 Å². The zero-order chi connectivity index (χ0) is 17.2. The molecule has 6 nitrogen and oxygen atoms in total. The molecule has 4 rings (SSSR count). The molecule has 0 aliphatic carbocycles. The monoisotopic (exact) mass is 334 g/mol. The van der Waals surface area contributed by atoms with E-state index >= 15 is 0 Å². The molecule has 2 aliphatic rings. The van der Waals surface area contributed by atoms with Crippen molar-refractivity contribution in [3.63, 3.8) is 0 Å². The van der Waals surface area contributed by atoms with Crippen LogP contribution in [0.5, 0.6) is 0 Å². The minimum atomic E-state index is -0.688. The molecule has 2 aromatic rings. The largest absolute Gasteiger partial charge is 0.326 e. The number of hydrogen-bond acceptors (Lipinski definition) is 4. The maximum atomic E-state index is 12.2. The van der Waals surface area contributed by atoms with Gasteiger partial charge < -0.3 is 10.2 Å². The molecule has 2 aliphatic heterocycles. The van der Waals surface area contributed by atoms with Crippen molar-refractivity contribution in [2.45, 2.75) is 18.9 Å². The molecule has 0 saturated heterocycles. The third kappa shape index (κ3) is 3.10. The Balaban J connectivity index is 1.45. The summed E-state index contributed by atoms with van der Waals surface area (Å²) >= 11 is 0. The first-order valence-electron chi connectivity index (χ1n) is 8.30. The summed E-state index contributed by atoms with van der Waals surface area (Å²) in [5.74, 6) is 0.0771. The number of aliphatic imine (C=N–C) groups is 1. The van der Waals surface area contributed by atoms with E-state index in [2.05, 4.69) is 21.7 Å². The van der Waals surface area contributed by atoms with E-state index in [1.165, 1.54) is 5.56 Å². The summed E-state index contributed by atoms with van der Waals surface area (Å²) in [7, 11) is 0. The molecule has 2 heterocycles. The predicted octanol–water partition coefficient (Wildman–Crippen LogP) is 1.93. The fraction of sp³-hybridized carbons (Fsp3) is 0.211. The molecule has 0 radical (unpaired) electrons. The number of nitrogens with one attached hydrogen (secondary N) is 2. The summed E-state index contributed by atoms with van der Waals surface area (Å²) in [6, 6.07) is 16.6. The Morgan fingerprint density at radius 2 is 1.92 bits per heavy atom. The van der Waals surface area contributed by atoms with Crippen LogP contribution >= 0.6 is 0 Å². The minimum Gasteiger partial charge on any atom is -0.326 e. The van der Waals surface area contributed by atoms with Gasteiger partial charge in [0.1, 0.15) is 6.04 Å². The number of hydrogen-bond donors (Lipinski definition) is 2. The fourth-order valence-corrected chi connectivity index (χ4v) is 3.17. The van der Waals surface area contributed by atoms with Gasteiger partial charge >= 0.3 is 0 Å². The SMILES string of the molecule is O=C(C[C@@H]1N=C(N2CCc3ccccc32)NC1=O)Nc1ccccc1. The van der Waals surface area contributed by atoms with Crippen LogP contribution in [0.1, 0.15) is 12.0 Å². The molecule has 0 bridgehead atoms. The van der Waals surface area contributed by atoms with Gasteiger partial charge in [0.25, 0.3) is 5.91 Å². The van der Waals surface area contributed by atoms with E-state index in [1.807, 2.05) is 53.4 Å². The van der Waals surface area contributed by atoms with Gasteiger partial charge in [-0.25, -0.2) is 4.99 Å². The third-order valence-electron chi connectivity index (χ3n) is 4.39. The van der Waals surface area contributed by atoms with Crippen LogP contribution in [-0.4, -0.2) is 30.4 Å². The molecule has 2 aromatic carbocycles. The first-order chi connectivity index (χ1) is 12.2. The van der Waals surface area contributed by atoms with Gasteiger partial charge in [0.05, 0.1) is 6.42 Å². The Bertz CT molecular complexity index is 848. The molecule has 0 unspecified atom stereocenters. The zero-order valence-corrected chi connectivity index (χ0v) is 13.6. The molecule has 6 heteroatoms. The lowest BCUT2D eigenvalue weighted by atomic mass is 10.2. The van der Waals surface area contributed by atoms with Crippen molar-refractivity contribution < 1.29 is 9.59 Å². The number of amides is 2. The molecule has 1 atom stereocenters. The average molecular weight is 334 g/mol. The quantitative estimate of drug-likeness (QED) is 0.901. The summed E-state index contributed by atoms with van der Waals surface area (Å²) in [6.45, 7) is 0.779. The van der Waals surface area contributed by atoms with Gasteiger partial charge in [0.15, 0.2) is 0 Å². The van der Waals surface area contributed by atoms with Crippen molar-refractivity contribution in [1.82, 2.24) is 5.32 Å². The molecule has 0 aromatic heterocycles.